The number of rotatable bonds is 4. The number of allylic oxidation sites excluding steroid dienone is 3. The molecule has 0 saturated heterocycles. The molecule has 1 aromatic carbocycles. The van der Waals surface area contributed by atoms with Gasteiger partial charge in [0.05, 0.1) is 0 Å². The van der Waals surface area contributed by atoms with Crippen molar-refractivity contribution in [1.29, 1.82) is 0 Å². The summed E-state index contributed by atoms with van der Waals surface area (Å²) < 4.78 is 13.9. The molecule has 2 nitrogen and oxygen atoms in total. The number of nitrogens with zero attached hydrogens (tertiary/aromatic N) is 1. The maximum absolute atomic E-state index is 13.9. The first kappa shape index (κ1) is 35.4. The topological polar surface area (TPSA) is 30.0 Å². The van der Waals surface area contributed by atoms with Crippen LogP contribution in [-0.2, 0) is 11.2 Å². The van der Waals surface area contributed by atoms with Gasteiger partial charge in [0.25, 0.3) is 0 Å². The summed E-state index contributed by atoms with van der Waals surface area (Å²) in [6.07, 6.45) is 9.88. The van der Waals surface area contributed by atoms with E-state index in [2.05, 4.69) is 25.1 Å². The van der Waals surface area contributed by atoms with E-state index in [0.717, 1.165) is 34.7 Å². The number of halogens is 1. The van der Waals surface area contributed by atoms with Gasteiger partial charge in [0, 0.05) is 17.8 Å². The molecule has 0 amide bonds. The van der Waals surface area contributed by atoms with Crippen molar-refractivity contribution in [1.82, 2.24) is 4.98 Å². The van der Waals surface area contributed by atoms with Gasteiger partial charge in [-0.3, -0.25) is 9.78 Å². The van der Waals surface area contributed by atoms with Gasteiger partial charge in [0.2, 0.25) is 0 Å². The maximum Gasteiger partial charge on any atom is 0.146 e. The second-order valence-electron chi connectivity index (χ2n) is 8.58. The fourth-order valence-corrected chi connectivity index (χ4v) is 3.36. The number of hydrogen-bond acceptors (Lipinski definition) is 2. The molecule has 1 fully saturated rings. The van der Waals surface area contributed by atoms with Gasteiger partial charge >= 0.3 is 0 Å². The summed E-state index contributed by atoms with van der Waals surface area (Å²) in [6, 6.07) is 8.87. The van der Waals surface area contributed by atoms with Crippen molar-refractivity contribution < 1.29 is 9.18 Å². The van der Waals surface area contributed by atoms with Crippen molar-refractivity contribution >= 4 is 12.4 Å². The zero-order chi connectivity index (χ0) is 28.1. The molecule has 1 aromatic heterocycles. The summed E-state index contributed by atoms with van der Waals surface area (Å²) in [4.78, 5) is 15.6. The summed E-state index contributed by atoms with van der Waals surface area (Å²) in [5, 5.41) is 0. The van der Waals surface area contributed by atoms with Crippen LogP contribution in [0.1, 0.15) is 95.3 Å². The van der Waals surface area contributed by atoms with Gasteiger partial charge in [-0.05, 0) is 99.8 Å². The smallest absolute Gasteiger partial charge is 0.146 e. The van der Waals surface area contributed by atoms with E-state index >= 15 is 0 Å². The highest BCUT2D eigenvalue weighted by molar-refractivity contribution is 5.82. The number of pyridine rings is 1. The summed E-state index contributed by atoms with van der Waals surface area (Å²) in [6.45, 7) is 25.2. The van der Waals surface area contributed by atoms with Crippen molar-refractivity contribution in [3.63, 3.8) is 0 Å². The predicted molar refractivity (Wildman–Crippen MR) is 158 cm³/mol. The van der Waals surface area contributed by atoms with Crippen molar-refractivity contribution in [3.8, 4) is 0 Å². The maximum atomic E-state index is 13.9. The van der Waals surface area contributed by atoms with Crippen LogP contribution in [0.4, 0.5) is 4.39 Å². The number of carbonyl (C=O) groups is 1. The lowest BCUT2D eigenvalue weighted by atomic mass is 9.88. The first-order valence-corrected chi connectivity index (χ1v) is 13.3. The molecule has 1 aliphatic carbocycles. The van der Waals surface area contributed by atoms with Crippen LogP contribution >= 0.6 is 0 Å². The molecule has 3 heteroatoms. The van der Waals surface area contributed by atoms with E-state index in [1.54, 1.807) is 18.2 Å². The number of aryl methyl sites for hydroxylation is 3. The van der Waals surface area contributed by atoms with Gasteiger partial charge in [0.15, 0.2) is 0 Å². The normalized spacial score (nSPS) is 12.7. The molecule has 0 radical (unpaired) electrons. The van der Waals surface area contributed by atoms with Gasteiger partial charge in [-0.1, -0.05) is 71.0 Å². The Morgan fingerprint density at radius 1 is 1.06 bits per heavy atom. The van der Waals surface area contributed by atoms with Crippen LogP contribution in [-0.4, -0.2) is 11.3 Å². The van der Waals surface area contributed by atoms with Crippen LogP contribution < -0.4 is 0 Å². The zero-order valence-corrected chi connectivity index (χ0v) is 24.4. The predicted octanol–water partition coefficient (Wildman–Crippen LogP) is 9.97. The Hall–Kier alpha value is -2.81. The minimum Gasteiger partial charge on any atom is -0.298 e. The Kier molecular flexibility index (Phi) is 21.1. The van der Waals surface area contributed by atoms with Crippen LogP contribution in [0.15, 0.2) is 60.7 Å². The summed E-state index contributed by atoms with van der Waals surface area (Å²) >= 11 is 0. The third kappa shape index (κ3) is 15.2. The average Bonchev–Trinajstić information content (AvgIpc) is 2.87. The molecule has 0 N–H and O–H groups in total. The van der Waals surface area contributed by atoms with Crippen LogP contribution in [0.3, 0.4) is 0 Å². The highest BCUT2D eigenvalue weighted by atomic mass is 19.1. The molecular weight excluding hydrogens is 445 g/mol. The highest BCUT2D eigenvalue weighted by Gasteiger charge is 2.09. The second kappa shape index (κ2) is 21.5. The molecule has 3 rings (SSSR count). The lowest BCUT2D eigenvalue weighted by Gasteiger charge is -2.18. The van der Waals surface area contributed by atoms with Crippen molar-refractivity contribution in [3.05, 3.63) is 94.6 Å². The van der Waals surface area contributed by atoms with Gasteiger partial charge in [-0.25, -0.2) is 4.39 Å². The lowest BCUT2D eigenvalue weighted by Crippen LogP contribution is -2.02. The molecule has 200 valence electrons. The molecule has 36 heavy (non-hydrogen) atoms. The zero-order valence-electron chi connectivity index (χ0n) is 24.4. The van der Waals surface area contributed by atoms with E-state index < -0.39 is 0 Å². The first-order chi connectivity index (χ1) is 17.2. The molecule has 0 spiro atoms. The Morgan fingerprint density at radius 2 is 1.61 bits per heavy atom. The minimum absolute atomic E-state index is 0.276. The third-order valence-corrected chi connectivity index (χ3v) is 5.34. The van der Waals surface area contributed by atoms with Crippen LogP contribution in [0, 0.1) is 32.5 Å². The van der Waals surface area contributed by atoms with Crippen LogP contribution in [0.2, 0.25) is 0 Å². The molecule has 0 aliphatic heterocycles. The highest BCUT2D eigenvalue weighted by Crippen LogP contribution is 2.25. The monoisotopic (exact) mass is 495 g/mol. The van der Waals surface area contributed by atoms with Gasteiger partial charge < -0.3 is 0 Å². The van der Waals surface area contributed by atoms with Gasteiger partial charge in [-0.15, -0.1) is 6.58 Å². The van der Waals surface area contributed by atoms with E-state index in [9.17, 15) is 9.18 Å². The Bertz CT molecular complexity index is 933. The van der Waals surface area contributed by atoms with Gasteiger partial charge in [-0.2, -0.15) is 0 Å². The Balaban J connectivity index is 0. The standard InChI is InChI=1S/C18H18FNO.C8H14.C3H6.2C2H6/c1-12-4-6-17(18(19)8-12)10-15(11-21)9-16-7-5-13(2)20-14(16)3;1-7-3-5-8(2)6-4-7;1-3-2;2*1-2/h4-9,11H,10H2,1-3H3;8H,1,3-6H2,2H3;3H,1H2,2H3;2*1-2H3/b15-9-;;;;. The first-order valence-electron chi connectivity index (χ1n) is 13.3. The van der Waals surface area contributed by atoms with E-state index in [4.69, 9.17) is 0 Å². The molecule has 0 bridgehead atoms. The number of hydrogen-bond donors (Lipinski definition) is 0. The van der Waals surface area contributed by atoms with Crippen molar-refractivity contribution in [2.45, 2.75) is 94.4 Å². The third-order valence-electron chi connectivity index (χ3n) is 5.34. The number of aldehydes is 1. The van der Waals surface area contributed by atoms with E-state index in [-0.39, 0.29) is 12.2 Å². The SMILES string of the molecule is C=C1CCC(C)CC1.C=CC.CC.CC.Cc1ccc(C/C(C=O)=C/c2ccc(C)nc2C)c(F)c1. The van der Waals surface area contributed by atoms with E-state index in [1.807, 2.05) is 73.6 Å². The van der Waals surface area contributed by atoms with Gasteiger partial charge in [0.1, 0.15) is 12.1 Å². The molecule has 0 unspecified atom stereocenters. The number of benzene rings is 1. The number of carbonyl (C=O) groups excluding carboxylic acids is 1. The molecule has 0 atom stereocenters. The fraction of sp³-hybridized carbons (Fsp3) is 0.455. The minimum atomic E-state index is -0.276. The van der Waals surface area contributed by atoms with Crippen LogP contribution in [0.25, 0.3) is 6.08 Å². The second-order valence-corrected chi connectivity index (χ2v) is 8.58. The quantitative estimate of drug-likeness (QED) is 0.240. The largest absolute Gasteiger partial charge is 0.298 e. The Labute approximate surface area is 221 Å². The summed E-state index contributed by atoms with van der Waals surface area (Å²) in [7, 11) is 0. The van der Waals surface area contributed by atoms with Crippen LogP contribution in [0.5, 0.6) is 0 Å². The van der Waals surface area contributed by atoms with Crippen molar-refractivity contribution in [2.24, 2.45) is 5.92 Å². The molecule has 1 aliphatic rings. The van der Waals surface area contributed by atoms with Crippen molar-refractivity contribution in [2.75, 3.05) is 0 Å². The van der Waals surface area contributed by atoms with E-state index in [0.29, 0.717) is 11.1 Å². The Morgan fingerprint density at radius 3 is 2.06 bits per heavy atom. The molecular formula is C33H50FNO. The average molecular weight is 496 g/mol. The van der Waals surface area contributed by atoms with E-state index in [1.165, 1.54) is 37.3 Å². The lowest BCUT2D eigenvalue weighted by molar-refractivity contribution is -0.104. The molecule has 1 saturated carbocycles. The molecule has 1 heterocycles. The molecule has 2 aromatic rings. The summed E-state index contributed by atoms with van der Waals surface area (Å²) in [5.74, 6) is 0.682. The number of aromatic nitrogens is 1. The summed E-state index contributed by atoms with van der Waals surface area (Å²) in [5.41, 5.74) is 6.06. The fourth-order valence-electron chi connectivity index (χ4n) is 3.36.